The maximum atomic E-state index is 13.1. The Bertz CT molecular complexity index is 654. The lowest BCUT2D eigenvalue weighted by atomic mass is 9.73. The minimum atomic E-state index is -1.25. The molecule has 2 rings (SSSR count). The molecule has 0 radical (unpaired) electrons. The van der Waals surface area contributed by atoms with E-state index in [0.29, 0.717) is 24.3 Å². The molecule has 0 bridgehead atoms. The van der Waals surface area contributed by atoms with Crippen LogP contribution in [0.5, 0.6) is 0 Å². The zero-order valence-electron chi connectivity index (χ0n) is 14.7. The smallest absolute Gasteiger partial charge is 0.319 e. The normalized spacial score (nSPS) is 24.0. The summed E-state index contributed by atoms with van der Waals surface area (Å²) in [6.07, 6.45) is 1.55. The van der Waals surface area contributed by atoms with Gasteiger partial charge in [-0.2, -0.15) is 0 Å². The third-order valence-corrected chi connectivity index (χ3v) is 5.27. The fourth-order valence-electron chi connectivity index (χ4n) is 3.58. The summed E-state index contributed by atoms with van der Waals surface area (Å²) in [5.74, 6) is -1.81. The first-order valence-electron chi connectivity index (χ1n) is 8.31. The van der Waals surface area contributed by atoms with E-state index in [-0.39, 0.29) is 18.3 Å². The molecule has 136 valence electrons. The van der Waals surface area contributed by atoms with Crippen LogP contribution in [-0.2, 0) is 30.3 Å². The first-order chi connectivity index (χ1) is 11.8. The highest BCUT2D eigenvalue weighted by Crippen LogP contribution is 2.46. The standard InChI is InChI=1S/C19H23ClO5/c1-12(11-25-13(2)21)19(18(23)24-3)9-8-15(17(19)22)10-14-4-6-16(20)7-5-14/h4-7,12,15H,8-11H2,1-3H3. The van der Waals surface area contributed by atoms with Crippen LogP contribution in [0.1, 0.15) is 32.3 Å². The van der Waals surface area contributed by atoms with Gasteiger partial charge in [0.15, 0.2) is 5.78 Å². The molecule has 1 saturated carbocycles. The van der Waals surface area contributed by atoms with Crippen LogP contribution in [0.15, 0.2) is 24.3 Å². The van der Waals surface area contributed by atoms with Crippen LogP contribution >= 0.6 is 11.6 Å². The van der Waals surface area contributed by atoms with Gasteiger partial charge in [0.2, 0.25) is 0 Å². The second-order valence-corrected chi connectivity index (χ2v) is 7.03. The van der Waals surface area contributed by atoms with Crippen LogP contribution in [0.4, 0.5) is 0 Å². The minimum Gasteiger partial charge on any atom is -0.468 e. The van der Waals surface area contributed by atoms with Crippen molar-refractivity contribution in [3.05, 3.63) is 34.9 Å². The van der Waals surface area contributed by atoms with Crippen molar-refractivity contribution in [1.29, 1.82) is 0 Å². The quantitative estimate of drug-likeness (QED) is 0.571. The number of ether oxygens (including phenoxy) is 2. The number of Topliss-reactive ketones (excluding diaryl/α,β-unsaturated/α-hetero) is 1. The number of methoxy groups -OCH3 is 1. The minimum absolute atomic E-state index is 0.0177. The molecule has 1 aliphatic rings. The predicted octanol–water partition coefficient (Wildman–Crippen LogP) is 3.22. The SMILES string of the molecule is COC(=O)C1(C(C)COC(C)=O)CCC(Cc2ccc(Cl)cc2)C1=O. The Balaban J connectivity index is 2.20. The molecule has 1 aliphatic carbocycles. The molecule has 1 aromatic carbocycles. The zero-order valence-corrected chi connectivity index (χ0v) is 15.5. The Morgan fingerprint density at radius 3 is 2.52 bits per heavy atom. The Morgan fingerprint density at radius 1 is 1.32 bits per heavy atom. The summed E-state index contributed by atoms with van der Waals surface area (Å²) < 4.78 is 9.97. The molecule has 1 fully saturated rings. The lowest BCUT2D eigenvalue weighted by Gasteiger charge is -2.31. The van der Waals surface area contributed by atoms with E-state index in [1.165, 1.54) is 14.0 Å². The zero-order chi connectivity index (χ0) is 18.6. The molecule has 3 unspecified atom stereocenters. The molecule has 5 nitrogen and oxygen atoms in total. The van der Waals surface area contributed by atoms with Crippen molar-refractivity contribution in [2.75, 3.05) is 13.7 Å². The van der Waals surface area contributed by atoms with Gasteiger partial charge in [-0.1, -0.05) is 30.7 Å². The van der Waals surface area contributed by atoms with Gasteiger partial charge >= 0.3 is 11.9 Å². The van der Waals surface area contributed by atoms with E-state index in [0.717, 1.165) is 5.56 Å². The molecule has 0 saturated heterocycles. The first kappa shape index (κ1) is 19.4. The Hall–Kier alpha value is -1.88. The molecule has 3 atom stereocenters. The average molecular weight is 367 g/mol. The maximum Gasteiger partial charge on any atom is 0.319 e. The highest BCUT2D eigenvalue weighted by Gasteiger charge is 2.57. The van der Waals surface area contributed by atoms with Gasteiger partial charge in [-0.05, 0) is 37.0 Å². The summed E-state index contributed by atoms with van der Waals surface area (Å²) >= 11 is 5.89. The van der Waals surface area contributed by atoms with Crippen molar-refractivity contribution in [2.45, 2.75) is 33.1 Å². The van der Waals surface area contributed by atoms with E-state index < -0.39 is 23.3 Å². The number of hydrogen-bond donors (Lipinski definition) is 0. The van der Waals surface area contributed by atoms with Gasteiger partial charge in [-0.25, -0.2) is 0 Å². The molecular weight excluding hydrogens is 344 g/mol. The molecule has 0 spiro atoms. The van der Waals surface area contributed by atoms with Crippen molar-refractivity contribution in [3.63, 3.8) is 0 Å². The predicted molar refractivity (Wildman–Crippen MR) is 93.1 cm³/mol. The fourth-order valence-corrected chi connectivity index (χ4v) is 3.71. The molecule has 1 aromatic rings. The van der Waals surface area contributed by atoms with Crippen molar-refractivity contribution in [1.82, 2.24) is 0 Å². The average Bonchev–Trinajstić information content (AvgIpc) is 2.91. The van der Waals surface area contributed by atoms with Crippen molar-refractivity contribution in [2.24, 2.45) is 17.3 Å². The Morgan fingerprint density at radius 2 is 1.96 bits per heavy atom. The molecule has 0 aromatic heterocycles. The van der Waals surface area contributed by atoms with Crippen molar-refractivity contribution in [3.8, 4) is 0 Å². The van der Waals surface area contributed by atoms with E-state index in [2.05, 4.69) is 0 Å². The Labute approximate surface area is 152 Å². The molecule has 0 amide bonds. The lowest BCUT2D eigenvalue weighted by Crippen LogP contribution is -2.45. The summed E-state index contributed by atoms with van der Waals surface area (Å²) in [5.41, 5.74) is -0.252. The number of ketones is 1. The number of hydrogen-bond acceptors (Lipinski definition) is 5. The van der Waals surface area contributed by atoms with Crippen LogP contribution in [0, 0.1) is 17.3 Å². The first-order valence-corrected chi connectivity index (χ1v) is 8.69. The van der Waals surface area contributed by atoms with Gasteiger partial charge in [0.05, 0.1) is 13.7 Å². The number of carbonyl (C=O) groups excluding carboxylic acids is 3. The summed E-state index contributed by atoms with van der Waals surface area (Å²) in [5, 5.41) is 0.639. The van der Waals surface area contributed by atoms with E-state index >= 15 is 0 Å². The Kier molecular flexibility index (Phi) is 6.22. The number of halogens is 1. The van der Waals surface area contributed by atoms with E-state index in [4.69, 9.17) is 21.1 Å². The summed E-state index contributed by atoms with van der Waals surface area (Å²) in [7, 11) is 1.28. The molecule has 0 N–H and O–H groups in total. The number of benzene rings is 1. The lowest BCUT2D eigenvalue weighted by molar-refractivity contribution is -0.164. The van der Waals surface area contributed by atoms with Gasteiger partial charge in [0.1, 0.15) is 5.41 Å². The van der Waals surface area contributed by atoms with Crippen LogP contribution in [-0.4, -0.2) is 31.4 Å². The van der Waals surface area contributed by atoms with Gasteiger partial charge < -0.3 is 9.47 Å². The van der Waals surface area contributed by atoms with Crippen LogP contribution in [0.25, 0.3) is 0 Å². The van der Waals surface area contributed by atoms with Crippen LogP contribution < -0.4 is 0 Å². The highest BCUT2D eigenvalue weighted by molar-refractivity contribution is 6.30. The van der Waals surface area contributed by atoms with E-state index in [1.54, 1.807) is 19.1 Å². The van der Waals surface area contributed by atoms with Crippen LogP contribution in [0.3, 0.4) is 0 Å². The second kappa shape index (κ2) is 8.00. The number of rotatable bonds is 6. The van der Waals surface area contributed by atoms with Gasteiger partial charge in [0.25, 0.3) is 0 Å². The van der Waals surface area contributed by atoms with Crippen molar-refractivity contribution >= 4 is 29.3 Å². The van der Waals surface area contributed by atoms with Crippen molar-refractivity contribution < 1.29 is 23.9 Å². The summed E-state index contributed by atoms with van der Waals surface area (Å²) in [6, 6.07) is 7.34. The van der Waals surface area contributed by atoms with Gasteiger partial charge in [-0.15, -0.1) is 0 Å². The molecule has 6 heteroatoms. The summed E-state index contributed by atoms with van der Waals surface area (Å²) in [6.45, 7) is 3.07. The fraction of sp³-hybridized carbons (Fsp3) is 0.526. The molecule has 0 aliphatic heterocycles. The van der Waals surface area contributed by atoms with Gasteiger partial charge in [0, 0.05) is 23.8 Å². The van der Waals surface area contributed by atoms with E-state index in [1.807, 2.05) is 12.1 Å². The topological polar surface area (TPSA) is 69.7 Å². The second-order valence-electron chi connectivity index (χ2n) is 6.60. The molecule has 0 heterocycles. The summed E-state index contributed by atoms with van der Waals surface area (Å²) in [4.78, 5) is 36.7. The third kappa shape index (κ3) is 4.03. The number of esters is 2. The molecule has 25 heavy (non-hydrogen) atoms. The largest absolute Gasteiger partial charge is 0.468 e. The monoisotopic (exact) mass is 366 g/mol. The van der Waals surface area contributed by atoms with E-state index in [9.17, 15) is 14.4 Å². The van der Waals surface area contributed by atoms with Crippen LogP contribution in [0.2, 0.25) is 5.02 Å². The molecular formula is C19H23ClO5. The van der Waals surface area contributed by atoms with Gasteiger partial charge in [-0.3, -0.25) is 14.4 Å². The number of carbonyl (C=O) groups is 3. The maximum absolute atomic E-state index is 13.1. The highest BCUT2D eigenvalue weighted by atomic mass is 35.5. The third-order valence-electron chi connectivity index (χ3n) is 5.02.